The molecular weight excluding hydrogens is 258 g/mol. The molecule has 6 nitrogen and oxygen atoms in total. The molecule has 2 rings (SSSR count). The average molecular weight is 277 g/mol. The lowest BCUT2D eigenvalue weighted by atomic mass is 10.0. The van der Waals surface area contributed by atoms with Gasteiger partial charge in [-0.15, -0.1) is 0 Å². The molecule has 20 heavy (non-hydrogen) atoms. The fraction of sp³-hybridized carbons (Fsp3) is 0.429. The number of aryl methyl sites for hydroxylation is 1. The van der Waals surface area contributed by atoms with E-state index in [0.29, 0.717) is 12.3 Å². The second kappa shape index (κ2) is 6.38. The molecule has 3 N–H and O–H groups in total. The smallest absolute Gasteiger partial charge is 0.246 e. The third-order valence-corrected chi connectivity index (χ3v) is 3.32. The number of fused-ring (bicyclic) bond motifs is 1. The monoisotopic (exact) mass is 277 g/mol. The number of nitrogens with zero attached hydrogens (tertiary/aromatic N) is 1. The molecule has 1 aromatic carbocycles. The van der Waals surface area contributed by atoms with Crippen LogP contribution in [0.1, 0.15) is 12.0 Å². The zero-order valence-corrected chi connectivity index (χ0v) is 11.5. The molecule has 108 valence electrons. The number of amides is 2. The Morgan fingerprint density at radius 1 is 1.45 bits per heavy atom. The number of methoxy groups -OCH3 is 1. The van der Waals surface area contributed by atoms with Crippen LogP contribution in [0.4, 0.5) is 5.69 Å². The summed E-state index contributed by atoms with van der Waals surface area (Å²) < 4.78 is 5.34. The predicted molar refractivity (Wildman–Crippen MR) is 75.7 cm³/mol. The van der Waals surface area contributed by atoms with Crippen LogP contribution < -0.4 is 20.7 Å². The van der Waals surface area contributed by atoms with E-state index in [-0.39, 0.29) is 24.9 Å². The SMILES string of the molecule is COc1cccc2c1N(C(=O)CNC(=O)CN)CCC2. The van der Waals surface area contributed by atoms with E-state index in [1.165, 1.54) is 0 Å². The quantitative estimate of drug-likeness (QED) is 0.814. The molecule has 1 aliphatic heterocycles. The van der Waals surface area contributed by atoms with Gasteiger partial charge >= 0.3 is 0 Å². The number of carbonyl (C=O) groups excluding carboxylic acids is 2. The van der Waals surface area contributed by atoms with Crippen molar-refractivity contribution in [2.45, 2.75) is 12.8 Å². The lowest BCUT2D eigenvalue weighted by molar-refractivity contribution is -0.124. The van der Waals surface area contributed by atoms with Crippen molar-refractivity contribution in [2.75, 3.05) is 31.6 Å². The van der Waals surface area contributed by atoms with E-state index in [1.807, 2.05) is 18.2 Å². The molecule has 0 aliphatic carbocycles. The van der Waals surface area contributed by atoms with Gasteiger partial charge in [0.15, 0.2) is 0 Å². The normalized spacial score (nSPS) is 13.6. The molecule has 1 aromatic rings. The standard InChI is InChI=1S/C14H19N3O3/c1-20-11-6-2-4-10-5-3-7-17(14(10)11)13(19)9-16-12(18)8-15/h2,4,6H,3,5,7-9,15H2,1H3,(H,16,18). The number of ether oxygens (including phenoxy) is 1. The minimum absolute atomic E-state index is 0.0481. The van der Waals surface area contributed by atoms with Gasteiger partial charge in [0, 0.05) is 6.54 Å². The van der Waals surface area contributed by atoms with Gasteiger partial charge in [-0.1, -0.05) is 12.1 Å². The van der Waals surface area contributed by atoms with Gasteiger partial charge in [0.1, 0.15) is 5.75 Å². The van der Waals surface area contributed by atoms with Crippen molar-refractivity contribution in [1.82, 2.24) is 5.32 Å². The average Bonchev–Trinajstić information content (AvgIpc) is 2.50. The van der Waals surface area contributed by atoms with Gasteiger partial charge < -0.3 is 20.7 Å². The molecule has 6 heteroatoms. The van der Waals surface area contributed by atoms with Crippen LogP contribution in [-0.4, -0.2) is 38.6 Å². The number of benzene rings is 1. The first-order valence-corrected chi connectivity index (χ1v) is 6.60. The zero-order chi connectivity index (χ0) is 14.5. The van der Waals surface area contributed by atoms with Crippen LogP contribution in [0.15, 0.2) is 18.2 Å². The van der Waals surface area contributed by atoms with Crippen molar-refractivity contribution >= 4 is 17.5 Å². The first-order chi connectivity index (χ1) is 9.67. The van der Waals surface area contributed by atoms with Crippen LogP contribution in [0.2, 0.25) is 0 Å². The van der Waals surface area contributed by atoms with Gasteiger partial charge in [-0.3, -0.25) is 9.59 Å². The minimum Gasteiger partial charge on any atom is -0.495 e. The Kier molecular flexibility index (Phi) is 4.57. The highest BCUT2D eigenvalue weighted by Gasteiger charge is 2.25. The van der Waals surface area contributed by atoms with Gasteiger partial charge in [-0.05, 0) is 24.5 Å². The Morgan fingerprint density at radius 3 is 2.95 bits per heavy atom. The summed E-state index contributed by atoms with van der Waals surface area (Å²) >= 11 is 0. The van der Waals surface area contributed by atoms with Crippen LogP contribution in [-0.2, 0) is 16.0 Å². The van der Waals surface area contributed by atoms with Crippen LogP contribution in [0.25, 0.3) is 0 Å². The summed E-state index contributed by atoms with van der Waals surface area (Å²) in [4.78, 5) is 25.1. The Morgan fingerprint density at radius 2 is 2.25 bits per heavy atom. The van der Waals surface area contributed by atoms with E-state index in [2.05, 4.69) is 5.32 Å². The number of carbonyl (C=O) groups is 2. The Balaban J connectivity index is 2.19. The number of nitrogens with one attached hydrogen (secondary N) is 1. The second-order valence-electron chi connectivity index (χ2n) is 4.60. The van der Waals surface area contributed by atoms with E-state index >= 15 is 0 Å². The van der Waals surface area contributed by atoms with Gasteiger partial charge in [-0.2, -0.15) is 0 Å². The first kappa shape index (κ1) is 14.3. The summed E-state index contributed by atoms with van der Waals surface area (Å²) in [6, 6.07) is 5.75. The highest BCUT2D eigenvalue weighted by atomic mass is 16.5. The second-order valence-corrected chi connectivity index (χ2v) is 4.60. The van der Waals surface area contributed by atoms with Crippen molar-refractivity contribution in [2.24, 2.45) is 5.73 Å². The summed E-state index contributed by atoms with van der Waals surface area (Å²) in [6.07, 6.45) is 1.82. The number of anilines is 1. The molecule has 0 unspecified atom stereocenters. The minimum atomic E-state index is -0.337. The molecule has 0 fully saturated rings. The van der Waals surface area contributed by atoms with Gasteiger partial charge in [0.25, 0.3) is 0 Å². The lowest BCUT2D eigenvalue weighted by Gasteiger charge is -2.31. The number of para-hydroxylation sites is 1. The summed E-state index contributed by atoms with van der Waals surface area (Å²) in [5.74, 6) is 0.188. The van der Waals surface area contributed by atoms with E-state index in [0.717, 1.165) is 24.1 Å². The van der Waals surface area contributed by atoms with Crippen molar-refractivity contribution in [3.05, 3.63) is 23.8 Å². The third-order valence-electron chi connectivity index (χ3n) is 3.32. The van der Waals surface area contributed by atoms with E-state index < -0.39 is 0 Å². The maximum atomic E-state index is 12.3. The Labute approximate surface area is 117 Å². The van der Waals surface area contributed by atoms with Crippen molar-refractivity contribution in [3.8, 4) is 5.75 Å². The fourth-order valence-electron chi connectivity index (χ4n) is 2.37. The van der Waals surface area contributed by atoms with Gasteiger partial charge in [0.05, 0.1) is 25.9 Å². The molecule has 2 amide bonds. The molecule has 0 atom stereocenters. The maximum absolute atomic E-state index is 12.3. The van der Waals surface area contributed by atoms with Crippen LogP contribution in [0, 0.1) is 0 Å². The predicted octanol–water partition coefficient (Wildman–Crippen LogP) is 0.0493. The summed E-state index contributed by atoms with van der Waals surface area (Å²) in [5.41, 5.74) is 7.11. The molecule has 0 radical (unpaired) electrons. The molecular formula is C14H19N3O3. The van der Waals surface area contributed by atoms with Crippen LogP contribution >= 0.6 is 0 Å². The number of rotatable bonds is 4. The number of nitrogens with two attached hydrogens (primary N) is 1. The topological polar surface area (TPSA) is 84.7 Å². The molecule has 1 aliphatic rings. The van der Waals surface area contributed by atoms with E-state index in [9.17, 15) is 9.59 Å². The highest BCUT2D eigenvalue weighted by molar-refractivity contribution is 5.99. The molecule has 1 heterocycles. The van der Waals surface area contributed by atoms with Crippen molar-refractivity contribution in [3.63, 3.8) is 0 Å². The van der Waals surface area contributed by atoms with Crippen molar-refractivity contribution in [1.29, 1.82) is 0 Å². The summed E-state index contributed by atoms with van der Waals surface area (Å²) in [6.45, 7) is 0.464. The zero-order valence-electron chi connectivity index (χ0n) is 11.5. The van der Waals surface area contributed by atoms with Crippen molar-refractivity contribution < 1.29 is 14.3 Å². The number of hydrogen-bond acceptors (Lipinski definition) is 4. The molecule has 0 saturated heterocycles. The summed E-state index contributed by atoms with van der Waals surface area (Å²) in [7, 11) is 1.59. The summed E-state index contributed by atoms with van der Waals surface area (Å²) in [5, 5.41) is 2.50. The van der Waals surface area contributed by atoms with Gasteiger partial charge in [-0.25, -0.2) is 0 Å². The molecule has 0 bridgehead atoms. The number of hydrogen-bond donors (Lipinski definition) is 2. The maximum Gasteiger partial charge on any atom is 0.246 e. The largest absolute Gasteiger partial charge is 0.495 e. The molecule has 0 aromatic heterocycles. The highest BCUT2D eigenvalue weighted by Crippen LogP contribution is 2.35. The van der Waals surface area contributed by atoms with Crippen LogP contribution in [0.5, 0.6) is 5.75 Å². The lowest BCUT2D eigenvalue weighted by Crippen LogP contribution is -2.44. The molecule has 0 spiro atoms. The molecule has 0 saturated carbocycles. The van der Waals surface area contributed by atoms with E-state index in [4.69, 9.17) is 10.5 Å². The van der Waals surface area contributed by atoms with E-state index in [1.54, 1.807) is 12.0 Å². The first-order valence-electron chi connectivity index (χ1n) is 6.60. The van der Waals surface area contributed by atoms with Gasteiger partial charge in [0.2, 0.25) is 11.8 Å². The Hall–Kier alpha value is -2.08. The Bertz CT molecular complexity index is 502. The van der Waals surface area contributed by atoms with Crippen LogP contribution in [0.3, 0.4) is 0 Å². The third kappa shape index (κ3) is 2.91. The fourth-order valence-corrected chi connectivity index (χ4v) is 2.37.